The molecule has 0 aliphatic carbocycles. The molecular formula is C44H67Cl2N8O7-. The zero-order valence-electron chi connectivity index (χ0n) is 37.2. The molecule has 0 atom stereocenters. The van der Waals surface area contributed by atoms with Crippen LogP contribution in [0.2, 0.25) is 0 Å². The van der Waals surface area contributed by atoms with E-state index >= 15 is 0 Å². The van der Waals surface area contributed by atoms with Crippen molar-refractivity contribution in [2.24, 2.45) is 0 Å². The van der Waals surface area contributed by atoms with Gasteiger partial charge in [0.2, 0.25) is 11.6 Å². The van der Waals surface area contributed by atoms with Crippen LogP contribution in [-0.2, 0) is 19.2 Å². The summed E-state index contributed by atoms with van der Waals surface area (Å²) in [5.41, 5.74) is 3.49. The van der Waals surface area contributed by atoms with E-state index in [4.69, 9.17) is 5.11 Å². The Morgan fingerprint density at radius 3 is 1.38 bits per heavy atom. The first-order chi connectivity index (χ1) is 27.3. The lowest BCUT2D eigenvalue weighted by atomic mass is 10.1. The number of Topliss-reactive ketones (excluding diaryl/α,β-unsaturated/α-hetero) is 4. The molecule has 0 amide bonds. The van der Waals surface area contributed by atoms with Crippen LogP contribution in [0.15, 0.2) is 97.5 Å². The normalized spacial score (nSPS) is 10.5. The molecule has 6 aromatic rings. The van der Waals surface area contributed by atoms with Gasteiger partial charge in [0.25, 0.3) is 11.0 Å². The number of fused-ring (bicyclic) bond motifs is 3. The van der Waals surface area contributed by atoms with Gasteiger partial charge in [0.05, 0.1) is 17.8 Å². The van der Waals surface area contributed by atoms with Gasteiger partial charge in [0.15, 0.2) is 5.78 Å². The fourth-order valence-electron chi connectivity index (χ4n) is 4.87. The molecule has 0 unspecified atom stereocenters. The number of aromatic amines is 3. The van der Waals surface area contributed by atoms with Crippen molar-refractivity contribution in [1.29, 1.82) is 0 Å². The van der Waals surface area contributed by atoms with E-state index in [0.29, 0.717) is 10.9 Å². The van der Waals surface area contributed by atoms with Crippen LogP contribution in [0.5, 0.6) is 0 Å². The molecule has 3 aromatic heterocycles. The highest BCUT2D eigenvalue weighted by Gasteiger charge is 2.18. The molecule has 13 N–H and O–H groups in total. The zero-order chi connectivity index (χ0) is 43.5. The van der Waals surface area contributed by atoms with Crippen LogP contribution in [0.3, 0.4) is 0 Å². The van der Waals surface area contributed by atoms with Crippen molar-refractivity contribution in [2.45, 2.75) is 62.3 Å². The molecule has 17 heteroatoms. The van der Waals surface area contributed by atoms with Crippen LogP contribution in [0, 0.1) is 0 Å². The summed E-state index contributed by atoms with van der Waals surface area (Å²) in [4.78, 5) is 76.9. The fraction of sp³-hybridized carbons (Fsp3) is 0.318. The van der Waals surface area contributed by atoms with Crippen LogP contribution in [0.25, 0.3) is 32.7 Å². The van der Waals surface area contributed by atoms with Gasteiger partial charge in [0.1, 0.15) is 0 Å². The Hall–Kier alpha value is -5.52. The molecule has 1 aliphatic heterocycles. The molecule has 1 fully saturated rings. The number of aromatic nitrogens is 3. The average Bonchev–Trinajstić information content (AvgIpc) is 4.07. The molecule has 0 bridgehead atoms. The first kappa shape index (κ1) is 64.6. The molecule has 1 aliphatic rings. The van der Waals surface area contributed by atoms with Crippen molar-refractivity contribution >= 4 is 78.7 Å². The van der Waals surface area contributed by atoms with Gasteiger partial charge >= 0.3 is 5.97 Å². The number of halogens is 2. The van der Waals surface area contributed by atoms with E-state index in [1.54, 1.807) is 24.4 Å². The third-order valence-electron chi connectivity index (χ3n) is 7.61. The predicted molar refractivity (Wildman–Crippen MR) is 247 cm³/mol. The highest BCUT2D eigenvalue weighted by molar-refractivity contribution is 6.80. The molecule has 3 aromatic carbocycles. The predicted octanol–water partition coefficient (Wildman–Crippen LogP) is 6.66. The number of benzene rings is 3. The number of hydrogen-bond donors (Lipinski definition) is 7. The number of aliphatic carboxylic acids is 1. The van der Waals surface area contributed by atoms with Gasteiger partial charge < -0.3 is 50.9 Å². The minimum absolute atomic E-state index is 0. The first-order valence-electron chi connectivity index (χ1n) is 18.9. The minimum atomic E-state index is -1.44. The molecule has 61 heavy (non-hydrogen) atoms. The topological polar surface area (TPSA) is 282 Å². The second-order valence-electron chi connectivity index (χ2n) is 11.3. The summed E-state index contributed by atoms with van der Waals surface area (Å²) in [5, 5.41) is 10.4. The van der Waals surface area contributed by atoms with Gasteiger partial charge in [-0.15, -0.1) is 0 Å². The Bertz CT molecular complexity index is 2010. The first-order valence-corrected chi connectivity index (χ1v) is 19.3. The third-order valence-corrected chi connectivity index (χ3v) is 7.87. The molecule has 7 rings (SSSR count). The maximum atomic E-state index is 11.5. The van der Waals surface area contributed by atoms with Crippen LogP contribution in [0.1, 0.15) is 83.0 Å². The van der Waals surface area contributed by atoms with Gasteiger partial charge in [-0.05, 0) is 54.8 Å². The number of carboxylic acids is 1. The van der Waals surface area contributed by atoms with Crippen molar-refractivity contribution in [3.05, 3.63) is 109 Å². The monoisotopic (exact) mass is 889 g/mol. The van der Waals surface area contributed by atoms with E-state index in [0.717, 1.165) is 30.0 Å². The average molecular weight is 891 g/mol. The van der Waals surface area contributed by atoms with Crippen LogP contribution in [0.4, 0.5) is 0 Å². The summed E-state index contributed by atoms with van der Waals surface area (Å²) in [5.74, 6) is -3.81. The van der Waals surface area contributed by atoms with E-state index in [9.17, 15) is 28.8 Å². The Labute approximate surface area is 371 Å². The van der Waals surface area contributed by atoms with Crippen LogP contribution < -0.4 is 30.9 Å². The summed E-state index contributed by atoms with van der Waals surface area (Å²) in [7, 11) is 2.16. The van der Waals surface area contributed by atoms with E-state index in [2.05, 4.69) is 68.5 Å². The molecule has 340 valence electrons. The number of nitrogens with zero attached hydrogens (tertiary/aromatic N) is 2. The summed E-state index contributed by atoms with van der Waals surface area (Å²) in [6, 6.07) is 24.8. The van der Waals surface area contributed by atoms with Crippen molar-refractivity contribution in [1.82, 2.24) is 43.2 Å². The number of carbonyl (C=O) groups is 6. The highest BCUT2D eigenvalue weighted by Crippen LogP contribution is 2.19. The van der Waals surface area contributed by atoms with Gasteiger partial charge in [0, 0.05) is 72.9 Å². The second-order valence-corrected chi connectivity index (χ2v) is 11.7. The van der Waals surface area contributed by atoms with Crippen molar-refractivity contribution < 1.29 is 46.3 Å². The maximum Gasteiger partial charge on any atom is 0.377 e. The Morgan fingerprint density at radius 1 is 0.623 bits per heavy atom. The van der Waals surface area contributed by atoms with E-state index in [1.165, 1.54) is 43.7 Å². The molecule has 0 saturated carbocycles. The van der Waals surface area contributed by atoms with Crippen LogP contribution >= 0.6 is 11.6 Å². The lowest BCUT2D eigenvalue weighted by Gasteiger charge is -2.10. The Balaban J connectivity index is -0.000000210. The number of carboxylic acid groups (broad SMARTS) is 1. The molecule has 0 spiro atoms. The number of likely N-dealkylation sites (N-methyl/N-ethyl adjacent to an activating group) is 2. The van der Waals surface area contributed by atoms with Gasteiger partial charge in [-0.25, -0.2) is 4.79 Å². The van der Waals surface area contributed by atoms with Crippen molar-refractivity contribution in [3.63, 3.8) is 0 Å². The molecule has 0 radical (unpaired) electrons. The largest absolute Gasteiger partial charge is 1.00 e. The SMILES string of the molecule is CC.CC.CC.CC(=O)C(=O)Cl.CC(=O)C(=O)c1c[nH]c2ccccc12.CCN1CCN(C)C1.N.N.N.O=C(O)C(=O)c1c[nH]c2ccccc12.[Cl-].c1ccc2[nH]ccc2c1. The summed E-state index contributed by atoms with van der Waals surface area (Å²) in [6.45, 7) is 21.5. The molecule has 4 heterocycles. The van der Waals surface area contributed by atoms with Gasteiger partial charge in [-0.3, -0.25) is 33.8 Å². The molecule has 1 saturated heterocycles. The smallest absolute Gasteiger partial charge is 0.377 e. The summed E-state index contributed by atoms with van der Waals surface area (Å²) in [6.07, 6.45) is 4.94. The third kappa shape index (κ3) is 22.1. The summed E-state index contributed by atoms with van der Waals surface area (Å²) >= 11 is 4.62. The van der Waals surface area contributed by atoms with Crippen molar-refractivity contribution in [2.75, 3.05) is 33.4 Å². The number of ketones is 4. The Morgan fingerprint density at radius 2 is 1.03 bits per heavy atom. The standard InChI is InChI=1S/C11H9NO2.C10H7NO3.C8H7N.C6H14N2.C3H3ClO2.3C2H6.ClH.3H3N/c1-7(13)11(14)9-6-12-10-5-3-2-4-8(9)10;12-9(10(13)14)7-5-11-8-4-2-1-3-6(7)8;1-2-4-8-7(3-1)5-6-9-8;1-3-8-5-4-7(2)6-8;1-2(5)3(4)6;3*1-2;;;;/h2-6,12H,1H3;1-5,11H,(H,13,14);1-6,9H;3-6H2,1-2H3;1H3;3*1-2H3;1H;3*1H3/p-1. The van der Waals surface area contributed by atoms with Crippen molar-refractivity contribution in [3.8, 4) is 0 Å². The summed E-state index contributed by atoms with van der Waals surface area (Å²) < 4.78 is 0. The van der Waals surface area contributed by atoms with E-state index in [-0.39, 0.29) is 36.4 Å². The number of carbonyl (C=O) groups excluding carboxylic acids is 5. The quantitative estimate of drug-likeness (QED) is 0.0525. The fourth-order valence-corrected chi connectivity index (χ4v) is 4.87. The minimum Gasteiger partial charge on any atom is -1.00 e. The molecule has 15 nitrogen and oxygen atoms in total. The van der Waals surface area contributed by atoms with E-state index < -0.39 is 34.3 Å². The zero-order valence-corrected chi connectivity index (χ0v) is 38.7. The number of hydrogen-bond acceptors (Lipinski definition) is 11. The number of H-pyrrole nitrogens is 3. The molecular weight excluding hydrogens is 823 g/mol. The lowest BCUT2D eigenvalue weighted by Crippen LogP contribution is -3.00. The van der Waals surface area contributed by atoms with Gasteiger partial charge in [-0.1, -0.05) is 103 Å². The van der Waals surface area contributed by atoms with Crippen LogP contribution in [-0.4, -0.2) is 97.6 Å². The van der Waals surface area contributed by atoms with E-state index in [1.807, 2.05) is 90.2 Å². The highest BCUT2D eigenvalue weighted by atomic mass is 35.5. The van der Waals surface area contributed by atoms with Gasteiger partial charge in [-0.2, -0.15) is 0 Å². The maximum absolute atomic E-state index is 11.5. The Kier molecular flexibility index (Phi) is 38.5. The number of rotatable bonds is 6. The number of nitrogens with one attached hydrogen (secondary N) is 3. The lowest BCUT2D eigenvalue weighted by molar-refractivity contribution is -0.131. The number of para-hydroxylation sites is 3. The second kappa shape index (κ2) is 36.3.